The summed E-state index contributed by atoms with van der Waals surface area (Å²) in [6, 6.07) is 6.54. The van der Waals surface area contributed by atoms with E-state index in [1.54, 1.807) is 0 Å². The number of nitrogens with zero attached hydrogens (tertiary/aromatic N) is 2. The lowest BCUT2D eigenvalue weighted by Gasteiger charge is -2.21. The zero-order valence-electron chi connectivity index (χ0n) is 13.3. The third-order valence-corrected chi connectivity index (χ3v) is 4.69. The number of benzene rings is 1. The van der Waals surface area contributed by atoms with E-state index in [9.17, 15) is 0 Å². The second kappa shape index (κ2) is 6.08. The van der Waals surface area contributed by atoms with Gasteiger partial charge in [-0.3, -0.25) is 0 Å². The van der Waals surface area contributed by atoms with Crippen LogP contribution in [0, 0.1) is 13.8 Å². The summed E-state index contributed by atoms with van der Waals surface area (Å²) in [5.41, 5.74) is 6.00. The van der Waals surface area contributed by atoms with Crippen LogP contribution in [0.2, 0.25) is 0 Å². The summed E-state index contributed by atoms with van der Waals surface area (Å²) in [5, 5.41) is 8.02. The van der Waals surface area contributed by atoms with Crippen molar-refractivity contribution >= 4 is 23.0 Å². The van der Waals surface area contributed by atoms with Crippen LogP contribution in [0.25, 0.3) is 0 Å². The Morgan fingerprint density at radius 3 is 2.82 bits per heavy atom. The molecule has 0 amide bonds. The smallest absolute Gasteiger partial charge is 0.173 e. The first kappa shape index (κ1) is 15.0. The highest BCUT2D eigenvalue weighted by molar-refractivity contribution is 7.80. The molecule has 4 nitrogen and oxygen atoms in total. The number of aromatic nitrogens is 1. The highest BCUT2D eigenvalue weighted by Crippen LogP contribution is 2.25. The molecule has 3 rings (SSSR count). The number of nitrogens with one attached hydrogen (secondary N) is 1. The molecule has 1 aliphatic rings. The number of anilines is 1. The van der Waals surface area contributed by atoms with E-state index in [0.29, 0.717) is 11.7 Å². The number of hydrogen-bond donors (Lipinski definition) is 1. The van der Waals surface area contributed by atoms with Gasteiger partial charge in [0.1, 0.15) is 5.76 Å². The van der Waals surface area contributed by atoms with E-state index in [-0.39, 0.29) is 0 Å². The number of thiocarbonyl (C=S) groups is 1. The van der Waals surface area contributed by atoms with Gasteiger partial charge in [0.15, 0.2) is 5.11 Å². The van der Waals surface area contributed by atoms with E-state index in [1.807, 2.05) is 25.8 Å². The Morgan fingerprint density at radius 1 is 1.32 bits per heavy atom. The van der Waals surface area contributed by atoms with Crippen molar-refractivity contribution in [2.75, 3.05) is 12.4 Å². The minimum Gasteiger partial charge on any atom is -0.361 e. The molecule has 1 aliphatic carbocycles. The van der Waals surface area contributed by atoms with Gasteiger partial charge in [0, 0.05) is 18.3 Å². The highest BCUT2D eigenvalue weighted by atomic mass is 32.1. The minimum absolute atomic E-state index is 0.692. The first-order valence-electron chi connectivity index (χ1n) is 7.60. The third kappa shape index (κ3) is 2.99. The summed E-state index contributed by atoms with van der Waals surface area (Å²) in [7, 11) is 1.98. The number of rotatable bonds is 3. The maximum absolute atomic E-state index is 5.51. The summed E-state index contributed by atoms with van der Waals surface area (Å²) in [4.78, 5) is 2.01. The van der Waals surface area contributed by atoms with Gasteiger partial charge in [-0.05, 0) is 68.6 Å². The average Bonchev–Trinajstić information content (AvgIpc) is 3.08. The first-order chi connectivity index (χ1) is 10.5. The van der Waals surface area contributed by atoms with Gasteiger partial charge in [-0.2, -0.15) is 0 Å². The minimum atomic E-state index is 0.692. The van der Waals surface area contributed by atoms with Crippen LogP contribution in [-0.4, -0.2) is 22.2 Å². The van der Waals surface area contributed by atoms with Crippen molar-refractivity contribution in [1.29, 1.82) is 0 Å². The molecule has 0 unspecified atom stereocenters. The van der Waals surface area contributed by atoms with E-state index < -0.39 is 0 Å². The normalized spacial score (nSPS) is 13.0. The van der Waals surface area contributed by atoms with Gasteiger partial charge in [0.2, 0.25) is 0 Å². The zero-order chi connectivity index (χ0) is 15.7. The molecule has 0 aliphatic heterocycles. The third-order valence-electron chi connectivity index (χ3n) is 4.27. The van der Waals surface area contributed by atoms with Crippen molar-refractivity contribution in [2.45, 2.75) is 39.7 Å². The predicted octanol–water partition coefficient (Wildman–Crippen LogP) is 3.61. The Bertz CT molecular complexity index is 688. The van der Waals surface area contributed by atoms with E-state index in [2.05, 4.69) is 28.7 Å². The second-order valence-electron chi connectivity index (χ2n) is 5.93. The molecule has 1 heterocycles. The van der Waals surface area contributed by atoms with Gasteiger partial charge in [0.05, 0.1) is 12.2 Å². The zero-order valence-corrected chi connectivity index (χ0v) is 14.1. The molecule has 0 saturated carbocycles. The largest absolute Gasteiger partial charge is 0.361 e. The lowest BCUT2D eigenvalue weighted by molar-refractivity contribution is 0.390. The molecule has 116 valence electrons. The van der Waals surface area contributed by atoms with Crippen molar-refractivity contribution in [3.63, 3.8) is 0 Å². The van der Waals surface area contributed by atoms with Crippen LogP contribution in [0.15, 0.2) is 22.7 Å². The highest BCUT2D eigenvalue weighted by Gasteiger charge is 2.15. The Morgan fingerprint density at radius 2 is 2.09 bits per heavy atom. The van der Waals surface area contributed by atoms with E-state index in [1.165, 1.54) is 30.4 Å². The van der Waals surface area contributed by atoms with Crippen LogP contribution in [0.1, 0.15) is 34.6 Å². The van der Waals surface area contributed by atoms with Crippen LogP contribution in [-0.2, 0) is 19.4 Å². The molecule has 0 atom stereocenters. The molecule has 2 aromatic rings. The fourth-order valence-electron chi connectivity index (χ4n) is 2.91. The molecular formula is C17H21N3OS. The van der Waals surface area contributed by atoms with Crippen LogP contribution in [0.4, 0.5) is 5.69 Å². The van der Waals surface area contributed by atoms with Gasteiger partial charge < -0.3 is 14.7 Å². The van der Waals surface area contributed by atoms with E-state index in [0.717, 1.165) is 22.7 Å². The Labute approximate surface area is 136 Å². The fourth-order valence-corrected chi connectivity index (χ4v) is 3.09. The molecule has 1 aromatic carbocycles. The van der Waals surface area contributed by atoms with Crippen molar-refractivity contribution in [1.82, 2.24) is 10.1 Å². The molecule has 1 N–H and O–H groups in total. The molecule has 0 saturated heterocycles. The maximum Gasteiger partial charge on any atom is 0.173 e. The van der Waals surface area contributed by atoms with Gasteiger partial charge in [-0.15, -0.1) is 0 Å². The van der Waals surface area contributed by atoms with Crippen molar-refractivity contribution in [2.24, 2.45) is 0 Å². The molecule has 0 fully saturated rings. The lowest BCUT2D eigenvalue weighted by atomic mass is 10.1. The predicted molar refractivity (Wildman–Crippen MR) is 92.1 cm³/mol. The lowest BCUT2D eigenvalue weighted by Crippen LogP contribution is -2.30. The van der Waals surface area contributed by atoms with Gasteiger partial charge in [0.25, 0.3) is 0 Å². The fraction of sp³-hybridized carbons (Fsp3) is 0.412. The number of aryl methyl sites for hydroxylation is 4. The van der Waals surface area contributed by atoms with E-state index in [4.69, 9.17) is 16.7 Å². The standard InChI is InChI=1S/C17H21N3OS/c1-11-16(12(2)21-19-11)10-20(3)17(22)18-15-8-7-13-5-4-6-14(13)9-15/h7-9H,4-6,10H2,1-3H3,(H,18,22). The summed E-state index contributed by atoms with van der Waals surface area (Å²) < 4.78 is 5.20. The molecule has 5 heteroatoms. The monoisotopic (exact) mass is 315 g/mol. The summed E-state index contributed by atoms with van der Waals surface area (Å²) >= 11 is 5.51. The van der Waals surface area contributed by atoms with Crippen LogP contribution in [0.5, 0.6) is 0 Å². The second-order valence-corrected chi connectivity index (χ2v) is 6.31. The number of hydrogen-bond acceptors (Lipinski definition) is 3. The van der Waals surface area contributed by atoms with Crippen LogP contribution in [0.3, 0.4) is 0 Å². The topological polar surface area (TPSA) is 41.3 Å². The van der Waals surface area contributed by atoms with Crippen molar-refractivity contribution in [3.05, 3.63) is 46.3 Å². The van der Waals surface area contributed by atoms with Gasteiger partial charge in [-0.25, -0.2) is 0 Å². The molecule has 1 aromatic heterocycles. The molecule has 0 spiro atoms. The molecule has 0 radical (unpaired) electrons. The number of fused-ring (bicyclic) bond motifs is 1. The quantitative estimate of drug-likeness (QED) is 0.876. The van der Waals surface area contributed by atoms with Gasteiger partial charge >= 0.3 is 0 Å². The average molecular weight is 315 g/mol. The van der Waals surface area contributed by atoms with Gasteiger partial charge in [-0.1, -0.05) is 11.2 Å². The Balaban J connectivity index is 1.66. The van der Waals surface area contributed by atoms with E-state index >= 15 is 0 Å². The Hall–Kier alpha value is -1.88. The van der Waals surface area contributed by atoms with Crippen LogP contribution >= 0.6 is 12.2 Å². The molecule has 22 heavy (non-hydrogen) atoms. The first-order valence-corrected chi connectivity index (χ1v) is 8.01. The Kier molecular flexibility index (Phi) is 4.16. The van der Waals surface area contributed by atoms with Crippen LogP contribution < -0.4 is 5.32 Å². The van der Waals surface area contributed by atoms with Crippen molar-refractivity contribution in [3.8, 4) is 0 Å². The molecule has 0 bridgehead atoms. The SMILES string of the molecule is Cc1noc(C)c1CN(C)C(=S)Nc1ccc2c(c1)CCC2. The van der Waals surface area contributed by atoms with Crippen molar-refractivity contribution < 1.29 is 4.52 Å². The summed E-state index contributed by atoms with van der Waals surface area (Å²) in [6.07, 6.45) is 3.63. The molecular weight excluding hydrogens is 294 g/mol. The summed E-state index contributed by atoms with van der Waals surface area (Å²) in [6.45, 7) is 4.58. The maximum atomic E-state index is 5.51. The summed E-state index contributed by atoms with van der Waals surface area (Å²) in [5.74, 6) is 0.852.